The third-order valence-electron chi connectivity index (χ3n) is 6.28. The van der Waals surface area contributed by atoms with E-state index in [-0.39, 0.29) is 17.9 Å². The number of anilines is 1. The average molecular weight is 492 g/mol. The van der Waals surface area contributed by atoms with E-state index in [1.54, 1.807) is 31.4 Å². The van der Waals surface area contributed by atoms with Crippen LogP contribution in [0.25, 0.3) is 0 Å². The summed E-state index contributed by atoms with van der Waals surface area (Å²) >= 11 is 6.01. The predicted octanol–water partition coefficient (Wildman–Crippen LogP) is 4.72. The molecule has 2 N–H and O–H groups in total. The highest BCUT2D eigenvalue weighted by Gasteiger charge is 2.24. The average Bonchev–Trinajstić information content (AvgIpc) is 2.89. The summed E-state index contributed by atoms with van der Waals surface area (Å²) in [5.41, 5.74) is 3.20. The Morgan fingerprint density at radius 2 is 1.71 bits per heavy atom. The fraction of sp³-hybridized carbons (Fsp3) is 0.286. The molecule has 1 heterocycles. The summed E-state index contributed by atoms with van der Waals surface area (Å²) in [4.78, 5) is 27.8. The van der Waals surface area contributed by atoms with Crippen LogP contribution in [0.15, 0.2) is 72.8 Å². The molecular weight excluding hydrogens is 462 g/mol. The van der Waals surface area contributed by atoms with E-state index < -0.39 is 0 Å². The highest BCUT2D eigenvalue weighted by atomic mass is 35.5. The smallest absolute Gasteiger partial charge is 0.253 e. The standard InChI is InChI=1S/C28H30ClN3O3/c1-35-26-12-5-2-7-20(26)13-16-30-28(34)24-10-3-4-11-25(24)32-17-14-23(15-18-32)31-27(33)21-8-6-9-22(29)19-21/h2-12,19,23H,13-18H2,1H3,(H,30,34)(H,31,33). The Morgan fingerprint density at radius 1 is 0.971 bits per heavy atom. The first kappa shape index (κ1) is 24.6. The molecule has 182 valence electrons. The SMILES string of the molecule is COc1ccccc1CCNC(=O)c1ccccc1N1CCC(NC(=O)c2cccc(Cl)c2)CC1. The molecule has 3 aromatic carbocycles. The van der Waals surface area contributed by atoms with Gasteiger partial charge in [0.15, 0.2) is 0 Å². The van der Waals surface area contributed by atoms with Crippen LogP contribution >= 0.6 is 11.6 Å². The third kappa shape index (κ3) is 6.34. The number of carbonyl (C=O) groups is 2. The minimum atomic E-state index is -0.110. The van der Waals surface area contributed by atoms with Gasteiger partial charge < -0.3 is 20.3 Å². The maximum atomic E-state index is 13.0. The van der Waals surface area contributed by atoms with Crippen molar-refractivity contribution in [2.45, 2.75) is 25.3 Å². The molecule has 4 rings (SSSR count). The summed E-state index contributed by atoms with van der Waals surface area (Å²) in [6, 6.07) is 22.6. The van der Waals surface area contributed by atoms with Crippen LogP contribution in [0.2, 0.25) is 5.02 Å². The summed E-state index contributed by atoms with van der Waals surface area (Å²) < 4.78 is 5.40. The van der Waals surface area contributed by atoms with Crippen LogP contribution in [-0.4, -0.2) is 44.6 Å². The van der Waals surface area contributed by atoms with Gasteiger partial charge in [0, 0.05) is 41.9 Å². The van der Waals surface area contributed by atoms with E-state index in [2.05, 4.69) is 15.5 Å². The minimum absolute atomic E-state index is 0.0829. The number of rotatable bonds is 8. The van der Waals surface area contributed by atoms with Crippen LogP contribution in [0.4, 0.5) is 5.69 Å². The number of ether oxygens (including phenoxy) is 1. The Kier molecular flexibility index (Phi) is 8.27. The first-order valence-electron chi connectivity index (χ1n) is 11.9. The highest BCUT2D eigenvalue weighted by molar-refractivity contribution is 6.30. The molecule has 0 atom stereocenters. The molecule has 1 fully saturated rings. The molecular formula is C28H30ClN3O3. The summed E-state index contributed by atoms with van der Waals surface area (Å²) in [7, 11) is 1.65. The molecule has 1 aliphatic heterocycles. The molecule has 0 saturated carbocycles. The number of nitrogens with zero attached hydrogens (tertiary/aromatic N) is 1. The van der Waals surface area contributed by atoms with Crippen molar-refractivity contribution in [1.82, 2.24) is 10.6 Å². The first-order valence-corrected chi connectivity index (χ1v) is 12.2. The number of benzene rings is 3. The van der Waals surface area contributed by atoms with Gasteiger partial charge in [0.25, 0.3) is 11.8 Å². The van der Waals surface area contributed by atoms with Gasteiger partial charge in [-0.1, -0.05) is 48.0 Å². The van der Waals surface area contributed by atoms with Crippen LogP contribution in [0.3, 0.4) is 0 Å². The van der Waals surface area contributed by atoms with Crippen molar-refractivity contribution in [2.24, 2.45) is 0 Å². The zero-order chi connectivity index (χ0) is 24.6. The topological polar surface area (TPSA) is 70.7 Å². The van der Waals surface area contributed by atoms with Crippen molar-refractivity contribution >= 4 is 29.1 Å². The van der Waals surface area contributed by atoms with E-state index in [0.717, 1.165) is 42.9 Å². The lowest BCUT2D eigenvalue weighted by atomic mass is 10.0. The minimum Gasteiger partial charge on any atom is -0.496 e. The maximum absolute atomic E-state index is 13.0. The number of hydrogen-bond donors (Lipinski definition) is 2. The molecule has 0 aliphatic carbocycles. The Morgan fingerprint density at radius 3 is 2.49 bits per heavy atom. The van der Waals surface area contributed by atoms with Crippen molar-refractivity contribution in [3.05, 3.63) is 94.5 Å². The van der Waals surface area contributed by atoms with Crippen molar-refractivity contribution in [3.63, 3.8) is 0 Å². The number of piperidine rings is 1. The molecule has 0 aromatic heterocycles. The van der Waals surface area contributed by atoms with Crippen molar-refractivity contribution in [3.8, 4) is 5.75 Å². The lowest BCUT2D eigenvalue weighted by Crippen LogP contribution is -2.45. The zero-order valence-electron chi connectivity index (χ0n) is 19.8. The van der Waals surface area contributed by atoms with Gasteiger partial charge in [-0.3, -0.25) is 9.59 Å². The Bertz CT molecular complexity index is 1180. The second-order valence-corrected chi connectivity index (χ2v) is 9.02. The Hall–Kier alpha value is -3.51. The Balaban J connectivity index is 1.32. The van der Waals surface area contributed by atoms with Gasteiger partial charge in [-0.2, -0.15) is 0 Å². The van der Waals surface area contributed by atoms with Crippen LogP contribution in [0.5, 0.6) is 5.75 Å². The van der Waals surface area contributed by atoms with Gasteiger partial charge >= 0.3 is 0 Å². The normalized spacial score (nSPS) is 13.8. The number of nitrogens with one attached hydrogen (secondary N) is 2. The summed E-state index contributed by atoms with van der Waals surface area (Å²) in [5.74, 6) is 0.625. The van der Waals surface area contributed by atoms with Crippen molar-refractivity contribution in [2.75, 3.05) is 31.6 Å². The Labute approximate surface area is 211 Å². The van der Waals surface area contributed by atoms with Gasteiger partial charge in [0.1, 0.15) is 5.75 Å². The number of halogens is 1. The van der Waals surface area contributed by atoms with E-state index >= 15 is 0 Å². The summed E-state index contributed by atoms with van der Waals surface area (Å²) in [5, 5.41) is 6.70. The molecule has 6 nitrogen and oxygen atoms in total. The number of methoxy groups -OCH3 is 1. The molecule has 1 aliphatic rings. The molecule has 0 unspecified atom stereocenters. The molecule has 0 bridgehead atoms. The molecule has 35 heavy (non-hydrogen) atoms. The van der Waals surface area contributed by atoms with E-state index in [0.29, 0.717) is 29.1 Å². The van der Waals surface area contributed by atoms with Crippen LogP contribution in [0.1, 0.15) is 39.1 Å². The number of carbonyl (C=O) groups excluding carboxylic acids is 2. The van der Waals surface area contributed by atoms with Crippen LogP contribution in [0, 0.1) is 0 Å². The van der Waals surface area contributed by atoms with Gasteiger partial charge in [0.2, 0.25) is 0 Å². The van der Waals surface area contributed by atoms with Crippen LogP contribution < -0.4 is 20.3 Å². The van der Waals surface area contributed by atoms with Gasteiger partial charge in [-0.15, -0.1) is 0 Å². The lowest BCUT2D eigenvalue weighted by Gasteiger charge is -2.35. The largest absolute Gasteiger partial charge is 0.496 e. The third-order valence-corrected chi connectivity index (χ3v) is 6.51. The number of amides is 2. The fourth-order valence-corrected chi connectivity index (χ4v) is 4.61. The first-order chi connectivity index (χ1) is 17.0. The quantitative estimate of drug-likeness (QED) is 0.478. The molecule has 0 radical (unpaired) electrons. The van der Waals surface area contributed by atoms with Gasteiger partial charge in [-0.05, 0) is 61.2 Å². The molecule has 1 saturated heterocycles. The van der Waals surface area contributed by atoms with Gasteiger partial charge in [0.05, 0.1) is 12.7 Å². The number of hydrogen-bond acceptors (Lipinski definition) is 4. The predicted molar refractivity (Wildman–Crippen MR) is 140 cm³/mol. The van der Waals surface area contributed by atoms with Crippen LogP contribution in [-0.2, 0) is 6.42 Å². The van der Waals surface area contributed by atoms with E-state index in [4.69, 9.17) is 16.3 Å². The van der Waals surface area contributed by atoms with E-state index in [1.165, 1.54) is 0 Å². The van der Waals surface area contributed by atoms with E-state index in [9.17, 15) is 9.59 Å². The number of para-hydroxylation sites is 2. The highest BCUT2D eigenvalue weighted by Crippen LogP contribution is 2.25. The summed E-state index contributed by atoms with van der Waals surface area (Å²) in [6.07, 6.45) is 2.29. The summed E-state index contributed by atoms with van der Waals surface area (Å²) in [6.45, 7) is 2.03. The fourth-order valence-electron chi connectivity index (χ4n) is 4.42. The van der Waals surface area contributed by atoms with Crippen molar-refractivity contribution in [1.29, 1.82) is 0 Å². The maximum Gasteiger partial charge on any atom is 0.253 e. The van der Waals surface area contributed by atoms with E-state index in [1.807, 2.05) is 48.5 Å². The second kappa shape index (κ2) is 11.8. The zero-order valence-corrected chi connectivity index (χ0v) is 20.6. The lowest BCUT2D eigenvalue weighted by molar-refractivity contribution is 0.0929. The molecule has 3 aromatic rings. The molecule has 2 amide bonds. The monoisotopic (exact) mass is 491 g/mol. The molecule has 0 spiro atoms. The van der Waals surface area contributed by atoms with Gasteiger partial charge in [-0.25, -0.2) is 0 Å². The van der Waals surface area contributed by atoms with Crippen molar-refractivity contribution < 1.29 is 14.3 Å². The second-order valence-electron chi connectivity index (χ2n) is 8.58. The molecule has 7 heteroatoms.